The minimum absolute atomic E-state index is 0.00831. The Kier molecular flexibility index (Phi) is 4.87. The molecule has 1 saturated carbocycles. The van der Waals surface area contributed by atoms with Gasteiger partial charge in [-0.3, -0.25) is 19.2 Å². The molecule has 164 valence electrons. The highest BCUT2D eigenvalue weighted by atomic mass is 16.6. The fraction of sp³-hybridized carbons (Fsp3) is 0.583. The number of esters is 1. The predicted molar refractivity (Wildman–Crippen MR) is 111 cm³/mol. The molecule has 4 fully saturated rings. The quantitative estimate of drug-likeness (QED) is 0.677. The molecule has 1 aliphatic carbocycles. The zero-order valence-electron chi connectivity index (χ0n) is 17.8. The monoisotopic (exact) mass is 424 g/mol. The zero-order valence-corrected chi connectivity index (χ0v) is 17.8. The normalized spacial score (nSPS) is 32.9. The van der Waals surface area contributed by atoms with E-state index in [-0.39, 0.29) is 36.5 Å². The van der Waals surface area contributed by atoms with E-state index in [1.165, 1.54) is 6.92 Å². The number of Topliss-reactive ketones (excluding diaryl/α,β-unsaturated/α-hetero) is 1. The Morgan fingerprint density at radius 3 is 2.45 bits per heavy atom. The molecule has 0 N–H and O–H groups in total. The molecule has 5 rings (SSSR count). The van der Waals surface area contributed by atoms with Crippen molar-refractivity contribution in [2.24, 2.45) is 5.92 Å². The number of amides is 2. The van der Waals surface area contributed by atoms with Crippen molar-refractivity contribution in [3.8, 4) is 0 Å². The summed E-state index contributed by atoms with van der Waals surface area (Å²) in [6.45, 7) is 1.81. The lowest BCUT2D eigenvalue weighted by atomic mass is 9.79. The van der Waals surface area contributed by atoms with Gasteiger partial charge in [-0.1, -0.05) is 49.6 Å². The molecule has 0 aromatic heterocycles. The van der Waals surface area contributed by atoms with Crippen LogP contribution in [-0.4, -0.2) is 57.1 Å². The molecular weight excluding hydrogens is 396 g/mol. The molecular formula is C24H28N2O5. The molecule has 4 atom stereocenters. The first-order valence-corrected chi connectivity index (χ1v) is 11.3. The van der Waals surface area contributed by atoms with E-state index in [0.717, 1.165) is 37.7 Å². The van der Waals surface area contributed by atoms with Gasteiger partial charge in [-0.15, -0.1) is 0 Å². The van der Waals surface area contributed by atoms with Gasteiger partial charge in [0, 0.05) is 19.0 Å². The van der Waals surface area contributed by atoms with E-state index in [1.807, 2.05) is 30.3 Å². The summed E-state index contributed by atoms with van der Waals surface area (Å²) in [6.07, 6.45) is 4.97. The summed E-state index contributed by atoms with van der Waals surface area (Å²) in [5, 5.41) is 0. The first-order chi connectivity index (χ1) is 14.9. The van der Waals surface area contributed by atoms with Crippen molar-refractivity contribution in [1.82, 2.24) is 9.80 Å². The summed E-state index contributed by atoms with van der Waals surface area (Å²) >= 11 is 0. The molecule has 1 aromatic rings. The van der Waals surface area contributed by atoms with Crippen LogP contribution in [0.4, 0.5) is 0 Å². The number of likely N-dealkylation sites (tertiary alicyclic amines) is 2. The maximum absolute atomic E-state index is 13.9. The van der Waals surface area contributed by atoms with Crippen LogP contribution in [-0.2, 0) is 30.5 Å². The molecule has 0 radical (unpaired) electrons. The van der Waals surface area contributed by atoms with Gasteiger partial charge in [0.05, 0.1) is 18.4 Å². The average Bonchev–Trinajstić information content (AvgIpc) is 3.29. The fourth-order valence-electron chi connectivity index (χ4n) is 6.30. The van der Waals surface area contributed by atoms with Gasteiger partial charge in [0.15, 0.2) is 11.6 Å². The molecule has 1 spiro atoms. The Morgan fingerprint density at radius 1 is 1.06 bits per heavy atom. The van der Waals surface area contributed by atoms with E-state index in [2.05, 4.69) is 0 Å². The molecule has 3 heterocycles. The Morgan fingerprint density at radius 2 is 1.77 bits per heavy atom. The maximum Gasteiger partial charge on any atom is 0.307 e. The predicted octanol–water partition coefficient (Wildman–Crippen LogP) is 2.22. The molecule has 0 bridgehead atoms. The van der Waals surface area contributed by atoms with E-state index in [4.69, 9.17) is 4.74 Å². The first kappa shape index (κ1) is 20.2. The van der Waals surface area contributed by atoms with Crippen molar-refractivity contribution in [2.75, 3.05) is 0 Å². The van der Waals surface area contributed by atoms with Gasteiger partial charge in [0.2, 0.25) is 11.8 Å². The molecule has 4 aliphatic rings. The van der Waals surface area contributed by atoms with Crippen LogP contribution in [0.2, 0.25) is 0 Å². The lowest BCUT2D eigenvalue weighted by Crippen LogP contribution is -2.54. The number of rotatable bonds is 5. The van der Waals surface area contributed by atoms with Gasteiger partial charge < -0.3 is 14.5 Å². The summed E-state index contributed by atoms with van der Waals surface area (Å²) in [6, 6.07) is 8.14. The summed E-state index contributed by atoms with van der Waals surface area (Å²) in [5.74, 6) is -1.58. The number of carbonyl (C=O) groups is 4. The van der Waals surface area contributed by atoms with Crippen LogP contribution in [0.25, 0.3) is 0 Å². The number of carbonyl (C=O) groups excluding carboxylic acids is 4. The SMILES string of the molecule is CC(=O)CC1N(Cc2ccccc2)C(=O)C2N(C3CCCCC3)C(=O)C3CC(=O)OC312. The smallest absolute Gasteiger partial charge is 0.307 e. The number of hydrogen-bond acceptors (Lipinski definition) is 5. The average molecular weight is 424 g/mol. The highest BCUT2D eigenvalue weighted by molar-refractivity contribution is 6.02. The summed E-state index contributed by atoms with van der Waals surface area (Å²) in [4.78, 5) is 55.5. The van der Waals surface area contributed by atoms with Crippen LogP contribution in [0, 0.1) is 5.92 Å². The van der Waals surface area contributed by atoms with E-state index in [1.54, 1.807) is 9.80 Å². The summed E-state index contributed by atoms with van der Waals surface area (Å²) in [7, 11) is 0. The van der Waals surface area contributed by atoms with Crippen LogP contribution in [0.3, 0.4) is 0 Å². The lowest BCUT2D eigenvalue weighted by molar-refractivity contribution is -0.155. The third-order valence-electron chi connectivity index (χ3n) is 7.52. The fourth-order valence-corrected chi connectivity index (χ4v) is 6.30. The molecule has 31 heavy (non-hydrogen) atoms. The Bertz CT molecular complexity index is 925. The van der Waals surface area contributed by atoms with Crippen molar-refractivity contribution in [1.29, 1.82) is 0 Å². The van der Waals surface area contributed by atoms with Crippen LogP contribution >= 0.6 is 0 Å². The third-order valence-corrected chi connectivity index (χ3v) is 7.52. The highest BCUT2D eigenvalue weighted by Crippen LogP contribution is 2.55. The Labute approximate surface area is 181 Å². The number of benzene rings is 1. The van der Waals surface area contributed by atoms with Crippen LogP contribution in [0.5, 0.6) is 0 Å². The first-order valence-electron chi connectivity index (χ1n) is 11.3. The second-order valence-corrected chi connectivity index (χ2v) is 9.40. The minimum atomic E-state index is -1.26. The molecule has 3 saturated heterocycles. The van der Waals surface area contributed by atoms with Crippen molar-refractivity contribution >= 4 is 23.6 Å². The highest BCUT2D eigenvalue weighted by Gasteiger charge is 2.77. The minimum Gasteiger partial charge on any atom is -0.453 e. The van der Waals surface area contributed by atoms with Crippen LogP contribution in [0.15, 0.2) is 30.3 Å². The molecule has 7 heteroatoms. The Balaban J connectivity index is 1.59. The van der Waals surface area contributed by atoms with Gasteiger partial charge in [-0.05, 0) is 25.3 Å². The standard InChI is InChI=1S/C24H28N2O5/c1-15(27)12-19-24-18(13-20(28)31-24)22(29)26(17-10-6-3-7-11-17)21(24)23(30)25(19)14-16-8-4-2-5-9-16/h2,4-5,8-9,17-19,21H,3,6-7,10-14H2,1H3. The van der Waals surface area contributed by atoms with E-state index in [0.29, 0.717) is 6.54 Å². The van der Waals surface area contributed by atoms with E-state index < -0.39 is 29.6 Å². The topological polar surface area (TPSA) is 84.0 Å². The lowest BCUT2D eigenvalue weighted by Gasteiger charge is -2.36. The molecule has 1 aromatic carbocycles. The van der Waals surface area contributed by atoms with Crippen molar-refractivity contribution in [2.45, 2.75) is 82.1 Å². The maximum atomic E-state index is 13.9. The number of hydrogen-bond donors (Lipinski definition) is 0. The molecule has 2 amide bonds. The third kappa shape index (κ3) is 3.00. The molecule has 3 aliphatic heterocycles. The van der Waals surface area contributed by atoms with Crippen molar-refractivity contribution in [3.63, 3.8) is 0 Å². The van der Waals surface area contributed by atoms with Gasteiger partial charge in [-0.2, -0.15) is 0 Å². The Hall–Kier alpha value is -2.70. The van der Waals surface area contributed by atoms with Crippen molar-refractivity contribution in [3.05, 3.63) is 35.9 Å². The van der Waals surface area contributed by atoms with Gasteiger partial charge in [0.1, 0.15) is 5.78 Å². The zero-order chi connectivity index (χ0) is 21.8. The van der Waals surface area contributed by atoms with Crippen LogP contribution < -0.4 is 0 Å². The number of nitrogens with zero attached hydrogens (tertiary/aromatic N) is 2. The van der Waals surface area contributed by atoms with E-state index >= 15 is 0 Å². The second kappa shape index (κ2) is 7.46. The number of ketones is 1. The summed E-state index contributed by atoms with van der Waals surface area (Å²) in [5.41, 5.74) is -0.319. The van der Waals surface area contributed by atoms with Crippen molar-refractivity contribution < 1.29 is 23.9 Å². The van der Waals surface area contributed by atoms with E-state index in [9.17, 15) is 19.2 Å². The molecule has 4 unspecified atom stereocenters. The molecule has 7 nitrogen and oxygen atoms in total. The summed E-state index contributed by atoms with van der Waals surface area (Å²) < 4.78 is 5.92. The van der Waals surface area contributed by atoms with Gasteiger partial charge >= 0.3 is 5.97 Å². The van der Waals surface area contributed by atoms with Gasteiger partial charge in [0.25, 0.3) is 0 Å². The van der Waals surface area contributed by atoms with Gasteiger partial charge in [-0.25, -0.2) is 0 Å². The number of ether oxygens (including phenoxy) is 1. The van der Waals surface area contributed by atoms with Crippen LogP contribution in [0.1, 0.15) is 57.4 Å². The largest absolute Gasteiger partial charge is 0.453 e. The second-order valence-electron chi connectivity index (χ2n) is 9.40.